The molecular formula is C11H12BrClFNO2. The molecule has 1 aromatic rings. The van der Waals surface area contributed by atoms with E-state index in [0.717, 1.165) is 0 Å². The van der Waals surface area contributed by atoms with Crippen molar-refractivity contribution in [2.24, 2.45) is 0 Å². The molecule has 94 valence electrons. The average Bonchev–Trinajstić information content (AvgIpc) is 2.25. The first-order chi connectivity index (χ1) is 7.97. The molecule has 1 rings (SSSR count). The van der Waals surface area contributed by atoms with Crippen LogP contribution in [0.15, 0.2) is 16.6 Å². The van der Waals surface area contributed by atoms with Gasteiger partial charge in [0, 0.05) is 27.5 Å². The Bertz CT molecular complexity index is 426. The van der Waals surface area contributed by atoms with Gasteiger partial charge in [-0.3, -0.25) is 10.1 Å². The predicted molar refractivity (Wildman–Crippen MR) is 69.4 cm³/mol. The van der Waals surface area contributed by atoms with Gasteiger partial charge in [-0.2, -0.15) is 0 Å². The van der Waals surface area contributed by atoms with Gasteiger partial charge in [-0.1, -0.05) is 15.9 Å². The molecular weight excluding hydrogens is 312 g/mol. The van der Waals surface area contributed by atoms with Crippen LogP contribution >= 0.6 is 27.5 Å². The summed E-state index contributed by atoms with van der Waals surface area (Å²) in [4.78, 5) is 10.4. The maximum atomic E-state index is 13.2. The van der Waals surface area contributed by atoms with E-state index in [4.69, 9.17) is 11.6 Å². The Morgan fingerprint density at radius 1 is 1.59 bits per heavy atom. The molecule has 0 fully saturated rings. The van der Waals surface area contributed by atoms with Crippen LogP contribution in [0.5, 0.6) is 0 Å². The molecule has 0 spiro atoms. The van der Waals surface area contributed by atoms with Gasteiger partial charge in [0.2, 0.25) is 0 Å². The summed E-state index contributed by atoms with van der Waals surface area (Å²) in [6, 6.07) is 2.90. The summed E-state index contributed by atoms with van der Waals surface area (Å²) < 4.78 is 13.8. The molecule has 0 aliphatic rings. The number of hydrogen-bond donors (Lipinski definition) is 0. The molecule has 1 aromatic carbocycles. The van der Waals surface area contributed by atoms with E-state index in [-0.39, 0.29) is 5.69 Å². The van der Waals surface area contributed by atoms with Crippen LogP contribution in [0, 0.1) is 10.1 Å². The summed E-state index contributed by atoms with van der Waals surface area (Å²) in [5, 5.41) is 10.9. The molecule has 17 heavy (non-hydrogen) atoms. The van der Waals surface area contributed by atoms with Crippen molar-refractivity contribution in [3.8, 4) is 0 Å². The van der Waals surface area contributed by atoms with Crippen molar-refractivity contribution in [1.29, 1.82) is 0 Å². The highest BCUT2D eigenvalue weighted by atomic mass is 79.9. The second-order valence-corrected chi connectivity index (χ2v) is 4.90. The molecule has 0 radical (unpaired) electrons. The molecule has 3 nitrogen and oxygen atoms in total. The van der Waals surface area contributed by atoms with Gasteiger partial charge in [-0.15, -0.1) is 11.6 Å². The van der Waals surface area contributed by atoms with E-state index in [1.807, 2.05) is 0 Å². The summed E-state index contributed by atoms with van der Waals surface area (Å²) >= 11 is 8.79. The zero-order valence-corrected chi connectivity index (χ0v) is 11.6. The van der Waals surface area contributed by atoms with Crippen molar-refractivity contribution in [3.05, 3.63) is 37.8 Å². The lowest BCUT2D eigenvalue weighted by Crippen LogP contribution is -2.00. The van der Waals surface area contributed by atoms with E-state index < -0.39 is 11.1 Å². The quantitative estimate of drug-likeness (QED) is 0.453. The summed E-state index contributed by atoms with van der Waals surface area (Å²) in [7, 11) is 0. The minimum atomic E-state index is -1.25. The molecule has 0 bridgehead atoms. The fourth-order valence-electron chi connectivity index (χ4n) is 1.55. The number of alkyl halides is 2. The summed E-state index contributed by atoms with van der Waals surface area (Å²) in [6.45, 7) is 1.35. The minimum absolute atomic E-state index is 0.0437. The smallest absolute Gasteiger partial charge is 0.258 e. The van der Waals surface area contributed by atoms with E-state index in [9.17, 15) is 14.5 Å². The SMILES string of the molecule is CC(F)c1cc([N+](=O)[O-])c(CCCCl)cc1Br. The zero-order valence-electron chi connectivity index (χ0n) is 9.25. The molecule has 6 heteroatoms. The number of benzene rings is 1. The maximum absolute atomic E-state index is 13.2. The Kier molecular flexibility index (Phi) is 5.33. The fourth-order valence-corrected chi connectivity index (χ4v) is 2.39. The first kappa shape index (κ1) is 14.4. The lowest BCUT2D eigenvalue weighted by atomic mass is 10.0. The Balaban J connectivity index is 3.21. The highest BCUT2D eigenvalue weighted by Crippen LogP contribution is 2.33. The number of rotatable bonds is 5. The van der Waals surface area contributed by atoms with Crippen LogP contribution in [-0.2, 0) is 6.42 Å². The van der Waals surface area contributed by atoms with Gasteiger partial charge in [0.05, 0.1) is 4.92 Å². The van der Waals surface area contributed by atoms with Crippen molar-refractivity contribution < 1.29 is 9.31 Å². The minimum Gasteiger partial charge on any atom is -0.258 e. The molecule has 0 saturated heterocycles. The van der Waals surface area contributed by atoms with E-state index in [2.05, 4.69) is 15.9 Å². The van der Waals surface area contributed by atoms with Crippen LogP contribution < -0.4 is 0 Å². The molecule has 0 amide bonds. The highest BCUT2D eigenvalue weighted by molar-refractivity contribution is 9.10. The molecule has 0 aliphatic carbocycles. The number of halogens is 3. The van der Waals surface area contributed by atoms with Crippen molar-refractivity contribution >= 4 is 33.2 Å². The van der Waals surface area contributed by atoms with Crippen molar-refractivity contribution in [1.82, 2.24) is 0 Å². The molecule has 1 atom stereocenters. The third kappa shape index (κ3) is 3.64. The van der Waals surface area contributed by atoms with Crippen molar-refractivity contribution in [3.63, 3.8) is 0 Å². The normalized spacial score (nSPS) is 12.5. The monoisotopic (exact) mass is 323 g/mol. The van der Waals surface area contributed by atoms with Crippen LogP contribution in [-0.4, -0.2) is 10.8 Å². The van der Waals surface area contributed by atoms with Gasteiger partial charge in [-0.25, -0.2) is 4.39 Å². The lowest BCUT2D eigenvalue weighted by Gasteiger charge is -2.09. The molecule has 0 saturated carbocycles. The van der Waals surface area contributed by atoms with Gasteiger partial charge < -0.3 is 0 Å². The molecule has 0 aromatic heterocycles. The number of nitro benzene ring substituents is 1. The van der Waals surface area contributed by atoms with Crippen LogP contribution in [0.25, 0.3) is 0 Å². The number of aryl methyl sites for hydroxylation is 1. The first-order valence-electron chi connectivity index (χ1n) is 5.14. The molecule has 1 unspecified atom stereocenters. The summed E-state index contributed by atoms with van der Waals surface area (Å²) in [5.41, 5.74) is 0.830. The molecule has 0 heterocycles. The number of nitro groups is 1. The summed E-state index contributed by atoms with van der Waals surface area (Å²) in [6.07, 6.45) is -0.0798. The standard InChI is InChI=1S/C11H12BrClFNO2/c1-7(14)9-6-11(15(16)17)8(3-2-4-13)5-10(9)12/h5-7H,2-4H2,1H3. The first-order valence-corrected chi connectivity index (χ1v) is 6.47. The van der Waals surface area contributed by atoms with Gasteiger partial charge in [0.25, 0.3) is 5.69 Å². The van der Waals surface area contributed by atoms with Crippen molar-refractivity contribution in [2.75, 3.05) is 5.88 Å². The van der Waals surface area contributed by atoms with Gasteiger partial charge in [0.1, 0.15) is 6.17 Å². The number of nitrogens with zero attached hydrogens (tertiary/aromatic N) is 1. The predicted octanol–water partition coefficient (Wildman–Crippen LogP) is 4.56. The van der Waals surface area contributed by atoms with Crippen LogP contribution in [0.2, 0.25) is 0 Å². The Hall–Kier alpha value is -0.680. The van der Waals surface area contributed by atoms with E-state index in [1.54, 1.807) is 6.07 Å². The molecule has 0 aliphatic heterocycles. The largest absolute Gasteiger partial charge is 0.273 e. The van der Waals surface area contributed by atoms with Gasteiger partial charge in [-0.05, 0) is 25.8 Å². The van der Waals surface area contributed by atoms with Crippen LogP contribution in [0.3, 0.4) is 0 Å². The maximum Gasteiger partial charge on any atom is 0.273 e. The average molecular weight is 325 g/mol. The number of hydrogen-bond acceptors (Lipinski definition) is 2. The summed E-state index contributed by atoms with van der Waals surface area (Å²) in [5.74, 6) is 0.441. The van der Waals surface area contributed by atoms with Gasteiger partial charge >= 0.3 is 0 Å². The fraction of sp³-hybridized carbons (Fsp3) is 0.455. The third-order valence-corrected chi connectivity index (χ3v) is 3.36. The second-order valence-electron chi connectivity index (χ2n) is 3.67. The topological polar surface area (TPSA) is 43.1 Å². The lowest BCUT2D eigenvalue weighted by molar-refractivity contribution is -0.385. The van der Waals surface area contributed by atoms with E-state index in [1.165, 1.54) is 13.0 Å². The highest BCUT2D eigenvalue weighted by Gasteiger charge is 2.19. The Labute approximate surface area is 112 Å². The molecule has 0 N–H and O–H groups in total. The zero-order chi connectivity index (χ0) is 13.0. The van der Waals surface area contributed by atoms with E-state index >= 15 is 0 Å². The van der Waals surface area contributed by atoms with E-state index in [0.29, 0.717) is 34.3 Å². The second kappa shape index (κ2) is 6.31. The Morgan fingerprint density at radius 3 is 2.71 bits per heavy atom. The van der Waals surface area contributed by atoms with Crippen molar-refractivity contribution in [2.45, 2.75) is 25.9 Å². The van der Waals surface area contributed by atoms with Crippen LogP contribution in [0.4, 0.5) is 10.1 Å². The third-order valence-electron chi connectivity index (χ3n) is 2.40. The van der Waals surface area contributed by atoms with Gasteiger partial charge in [0.15, 0.2) is 0 Å². The van der Waals surface area contributed by atoms with Crippen LogP contribution in [0.1, 0.15) is 30.6 Å². The Morgan fingerprint density at radius 2 is 2.24 bits per heavy atom.